The van der Waals surface area contributed by atoms with E-state index in [0.29, 0.717) is 0 Å². The smallest absolute Gasteiger partial charge is 0.118 e. The van der Waals surface area contributed by atoms with Crippen LogP contribution in [0.2, 0.25) is 0 Å². The van der Waals surface area contributed by atoms with E-state index >= 15 is 0 Å². The number of ether oxygens (including phenoxy) is 1. The van der Waals surface area contributed by atoms with Crippen molar-refractivity contribution in [2.75, 3.05) is 13.7 Å². The molecule has 0 saturated carbocycles. The molecule has 0 heterocycles. The van der Waals surface area contributed by atoms with Gasteiger partial charge in [0.15, 0.2) is 0 Å². The van der Waals surface area contributed by atoms with Crippen LogP contribution in [0.3, 0.4) is 0 Å². The Labute approximate surface area is 134 Å². The molecule has 0 aromatic heterocycles. The molecule has 0 aliphatic heterocycles. The van der Waals surface area contributed by atoms with Gasteiger partial charge < -0.3 is 10.1 Å². The van der Waals surface area contributed by atoms with Gasteiger partial charge in [0.25, 0.3) is 0 Å². The summed E-state index contributed by atoms with van der Waals surface area (Å²) in [5.41, 5.74) is 2.56. The molecule has 106 valence electrons. The zero-order chi connectivity index (χ0) is 14.4. The lowest BCUT2D eigenvalue weighted by molar-refractivity contribution is 0.414. The summed E-state index contributed by atoms with van der Waals surface area (Å²) < 4.78 is 6.49. The van der Waals surface area contributed by atoms with Gasteiger partial charge in [0.1, 0.15) is 5.75 Å². The maximum absolute atomic E-state index is 5.23. The van der Waals surface area contributed by atoms with Gasteiger partial charge in [0.2, 0.25) is 0 Å². The van der Waals surface area contributed by atoms with E-state index in [2.05, 4.69) is 71.2 Å². The SMILES string of the molecule is CCCNC(c1ccc(I)cc1)c1ccc(OC)cc1. The number of nitrogens with one attached hydrogen (secondary N) is 1. The third-order valence-corrected chi connectivity index (χ3v) is 3.97. The molecule has 0 amide bonds. The molecule has 0 fully saturated rings. The van der Waals surface area contributed by atoms with Crippen LogP contribution in [0.5, 0.6) is 5.75 Å². The van der Waals surface area contributed by atoms with Crippen molar-refractivity contribution >= 4 is 22.6 Å². The number of methoxy groups -OCH3 is 1. The summed E-state index contributed by atoms with van der Waals surface area (Å²) in [6.07, 6.45) is 1.12. The van der Waals surface area contributed by atoms with Gasteiger partial charge in [-0.2, -0.15) is 0 Å². The first-order valence-corrected chi connectivity index (χ1v) is 7.95. The fourth-order valence-corrected chi connectivity index (χ4v) is 2.53. The highest BCUT2D eigenvalue weighted by atomic mass is 127. The molecule has 0 bridgehead atoms. The number of rotatable bonds is 6. The molecule has 20 heavy (non-hydrogen) atoms. The van der Waals surface area contributed by atoms with Gasteiger partial charge in [-0.25, -0.2) is 0 Å². The Morgan fingerprint density at radius 1 is 1.00 bits per heavy atom. The first kappa shape index (κ1) is 15.3. The van der Waals surface area contributed by atoms with Gasteiger partial charge in [0, 0.05) is 3.57 Å². The van der Waals surface area contributed by atoms with E-state index in [-0.39, 0.29) is 6.04 Å². The summed E-state index contributed by atoms with van der Waals surface area (Å²) in [4.78, 5) is 0. The summed E-state index contributed by atoms with van der Waals surface area (Å²) in [5.74, 6) is 0.894. The van der Waals surface area contributed by atoms with Crippen LogP contribution in [0.1, 0.15) is 30.5 Å². The highest BCUT2D eigenvalue weighted by molar-refractivity contribution is 14.1. The average Bonchev–Trinajstić information content (AvgIpc) is 2.50. The molecule has 0 saturated heterocycles. The topological polar surface area (TPSA) is 21.3 Å². The maximum Gasteiger partial charge on any atom is 0.118 e. The third kappa shape index (κ3) is 3.96. The summed E-state index contributed by atoms with van der Waals surface area (Å²) in [5, 5.41) is 3.62. The highest BCUT2D eigenvalue weighted by Crippen LogP contribution is 2.24. The van der Waals surface area contributed by atoms with E-state index in [0.717, 1.165) is 18.7 Å². The zero-order valence-electron chi connectivity index (χ0n) is 11.9. The van der Waals surface area contributed by atoms with E-state index in [1.54, 1.807) is 7.11 Å². The number of halogens is 1. The molecule has 0 aliphatic rings. The predicted molar refractivity (Wildman–Crippen MR) is 92.3 cm³/mol. The van der Waals surface area contributed by atoms with Gasteiger partial charge in [-0.15, -0.1) is 0 Å². The quantitative estimate of drug-likeness (QED) is 0.750. The Morgan fingerprint density at radius 2 is 1.55 bits per heavy atom. The molecule has 1 atom stereocenters. The summed E-state index contributed by atoms with van der Waals surface area (Å²) in [6, 6.07) is 17.2. The Hall–Kier alpha value is -1.07. The van der Waals surface area contributed by atoms with Crippen molar-refractivity contribution in [3.63, 3.8) is 0 Å². The van der Waals surface area contributed by atoms with E-state index < -0.39 is 0 Å². The minimum absolute atomic E-state index is 0.234. The minimum Gasteiger partial charge on any atom is -0.497 e. The van der Waals surface area contributed by atoms with Gasteiger partial charge in [-0.05, 0) is 70.9 Å². The molecule has 0 radical (unpaired) electrons. The molecule has 2 rings (SSSR count). The molecule has 2 aromatic rings. The molecular formula is C17H20INO. The summed E-state index contributed by atoms with van der Waals surface area (Å²) in [7, 11) is 1.70. The highest BCUT2D eigenvalue weighted by Gasteiger charge is 2.13. The standard InChI is InChI=1S/C17H20INO/c1-3-12-19-17(13-4-8-15(18)9-5-13)14-6-10-16(20-2)11-7-14/h4-11,17,19H,3,12H2,1-2H3. The normalized spacial score (nSPS) is 12.2. The molecule has 2 aromatic carbocycles. The van der Waals surface area contributed by atoms with E-state index in [1.807, 2.05) is 12.1 Å². The predicted octanol–water partition coefficient (Wildman–Crippen LogP) is 4.39. The minimum atomic E-state index is 0.234. The second-order valence-electron chi connectivity index (χ2n) is 4.71. The Bertz CT molecular complexity index is 522. The monoisotopic (exact) mass is 381 g/mol. The lowest BCUT2D eigenvalue weighted by atomic mass is 9.98. The molecule has 2 nitrogen and oxygen atoms in total. The van der Waals surface area contributed by atoms with Crippen LogP contribution >= 0.6 is 22.6 Å². The van der Waals surface area contributed by atoms with Gasteiger partial charge in [-0.1, -0.05) is 31.2 Å². The van der Waals surface area contributed by atoms with E-state index in [1.165, 1.54) is 14.7 Å². The van der Waals surface area contributed by atoms with Gasteiger partial charge >= 0.3 is 0 Å². The molecule has 0 spiro atoms. The van der Waals surface area contributed by atoms with E-state index in [4.69, 9.17) is 4.74 Å². The second kappa shape index (κ2) is 7.64. The molecule has 1 unspecified atom stereocenters. The second-order valence-corrected chi connectivity index (χ2v) is 5.96. The lowest BCUT2D eigenvalue weighted by Gasteiger charge is -2.20. The van der Waals surface area contributed by atoms with Crippen molar-refractivity contribution in [3.8, 4) is 5.75 Å². The number of hydrogen-bond donors (Lipinski definition) is 1. The molecule has 1 N–H and O–H groups in total. The Kier molecular flexibility index (Phi) is 5.86. The van der Waals surface area contributed by atoms with Crippen LogP contribution in [-0.2, 0) is 0 Å². The third-order valence-electron chi connectivity index (χ3n) is 3.25. The van der Waals surface area contributed by atoms with Crippen molar-refractivity contribution in [3.05, 3.63) is 63.2 Å². The van der Waals surface area contributed by atoms with Crippen molar-refractivity contribution < 1.29 is 4.74 Å². The molecule has 3 heteroatoms. The van der Waals surface area contributed by atoms with Gasteiger partial charge in [-0.3, -0.25) is 0 Å². The Balaban J connectivity index is 2.27. The fourth-order valence-electron chi connectivity index (χ4n) is 2.17. The first-order chi connectivity index (χ1) is 9.74. The largest absolute Gasteiger partial charge is 0.497 e. The maximum atomic E-state index is 5.23. The van der Waals surface area contributed by atoms with Crippen LogP contribution in [0.4, 0.5) is 0 Å². The lowest BCUT2D eigenvalue weighted by Crippen LogP contribution is -2.23. The van der Waals surface area contributed by atoms with Crippen molar-refractivity contribution in [2.45, 2.75) is 19.4 Å². The Morgan fingerprint density at radius 3 is 2.05 bits per heavy atom. The zero-order valence-corrected chi connectivity index (χ0v) is 14.1. The van der Waals surface area contributed by atoms with Crippen LogP contribution in [0.15, 0.2) is 48.5 Å². The van der Waals surface area contributed by atoms with Gasteiger partial charge in [0.05, 0.1) is 13.2 Å². The van der Waals surface area contributed by atoms with Crippen molar-refractivity contribution in [2.24, 2.45) is 0 Å². The first-order valence-electron chi connectivity index (χ1n) is 6.87. The van der Waals surface area contributed by atoms with Crippen molar-refractivity contribution in [1.29, 1.82) is 0 Å². The number of hydrogen-bond acceptors (Lipinski definition) is 2. The van der Waals surface area contributed by atoms with Crippen LogP contribution in [0, 0.1) is 3.57 Å². The molecular weight excluding hydrogens is 361 g/mol. The fraction of sp³-hybridized carbons (Fsp3) is 0.294. The van der Waals surface area contributed by atoms with Crippen molar-refractivity contribution in [1.82, 2.24) is 5.32 Å². The summed E-state index contributed by atoms with van der Waals surface area (Å²) >= 11 is 2.34. The van der Waals surface area contributed by atoms with Crippen LogP contribution in [-0.4, -0.2) is 13.7 Å². The molecule has 0 aliphatic carbocycles. The van der Waals surface area contributed by atoms with E-state index in [9.17, 15) is 0 Å². The number of benzene rings is 2. The van der Waals surface area contributed by atoms with Crippen LogP contribution < -0.4 is 10.1 Å². The summed E-state index contributed by atoms with van der Waals surface area (Å²) in [6.45, 7) is 3.19. The average molecular weight is 381 g/mol. The van der Waals surface area contributed by atoms with Crippen LogP contribution in [0.25, 0.3) is 0 Å².